The minimum Gasteiger partial charge on any atom is -0.389 e. The lowest BCUT2D eigenvalue weighted by molar-refractivity contribution is 0.0577. The van der Waals surface area contributed by atoms with Gasteiger partial charge >= 0.3 is 0 Å². The lowest BCUT2D eigenvalue weighted by Gasteiger charge is -2.16. The molecule has 0 aliphatic rings. The standard InChI is InChI=1S/C17H19ClN6O3S/c1-17(2,25)10-24-9-11(7-21-24)15-14(18)8-20-16(23-15)22-12-4-3-5-13(6-12)28(19,26)27/h3-9,25H,10H2,1-2H3,(H2,19,26,27)(H,20,22,23). The SMILES string of the molecule is CC(C)(O)Cn1cc(-c2nc(Nc3cccc(S(N)(=O)=O)c3)ncc2Cl)cn1. The summed E-state index contributed by atoms with van der Waals surface area (Å²) in [4.78, 5) is 8.48. The van der Waals surface area contributed by atoms with E-state index in [1.807, 2.05) is 0 Å². The zero-order valence-electron chi connectivity index (χ0n) is 15.2. The third-order valence-corrected chi connectivity index (χ3v) is 4.81. The monoisotopic (exact) mass is 422 g/mol. The average Bonchev–Trinajstić information content (AvgIpc) is 3.02. The Hall–Kier alpha value is -2.53. The Bertz CT molecular complexity index is 1110. The van der Waals surface area contributed by atoms with Crippen LogP contribution in [0.2, 0.25) is 5.02 Å². The number of primary sulfonamides is 1. The zero-order valence-corrected chi connectivity index (χ0v) is 16.7. The third-order valence-electron chi connectivity index (χ3n) is 3.62. The predicted octanol–water partition coefficient (Wildman–Crippen LogP) is 2.16. The van der Waals surface area contributed by atoms with Gasteiger partial charge in [0, 0.05) is 17.4 Å². The van der Waals surface area contributed by atoms with Crippen molar-refractivity contribution < 1.29 is 13.5 Å². The summed E-state index contributed by atoms with van der Waals surface area (Å²) in [6.45, 7) is 3.68. The number of nitrogens with one attached hydrogen (secondary N) is 1. The lowest BCUT2D eigenvalue weighted by Crippen LogP contribution is -2.26. The molecule has 3 rings (SSSR count). The molecule has 3 aromatic rings. The lowest BCUT2D eigenvalue weighted by atomic mass is 10.1. The van der Waals surface area contributed by atoms with Crippen molar-refractivity contribution in [2.24, 2.45) is 5.14 Å². The Balaban J connectivity index is 1.88. The summed E-state index contributed by atoms with van der Waals surface area (Å²) in [6.07, 6.45) is 4.74. The number of aliphatic hydroxyl groups is 1. The summed E-state index contributed by atoms with van der Waals surface area (Å²) >= 11 is 6.23. The molecule has 0 saturated heterocycles. The normalized spacial score (nSPS) is 12.2. The van der Waals surface area contributed by atoms with Gasteiger partial charge in [-0.15, -0.1) is 0 Å². The van der Waals surface area contributed by atoms with E-state index in [-0.39, 0.29) is 10.8 Å². The highest BCUT2D eigenvalue weighted by Crippen LogP contribution is 2.27. The number of anilines is 2. The number of hydrogen-bond donors (Lipinski definition) is 3. The molecule has 0 fully saturated rings. The second kappa shape index (κ2) is 7.47. The Morgan fingerprint density at radius 2 is 2.07 bits per heavy atom. The molecule has 0 amide bonds. The van der Waals surface area contributed by atoms with Crippen LogP contribution in [0.5, 0.6) is 0 Å². The molecule has 0 spiro atoms. The molecule has 1 aromatic carbocycles. The largest absolute Gasteiger partial charge is 0.389 e. The molecule has 2 aromatic heterocycles. The van der Waals surface area contributed by atoms with Gasteiger partial charge < -0.3 is 10.4 Å². The molecule has 0 bridgehead atoms. The highest BCUT2D eigenvalue weighted by Gasteiger charge is 2.16. The molecular weight excluding hydrogens is 404 g/mol. The van der Waals surface area contributed by atoms with E-state index in [9.17, 15) is 13.5 Å². The van der Waals surface area contributed by atoms with Crippen molar-refractivity contribution in [1.29, 1.82) is 0 Å². The van der Waals surface area contributed by atoms with Gasteiger partial charge in [-0.25, -0.2) is 23.5 Å². The number of benzene rings is 1. The molecule has 0 radical (unpaired) electrons. The van der Waals surface area contributed by atoms with Crippen molar-refractivity contribution in [2.45, 2.75) is 30.9 Å². The first-order valence-electron chi connectivity index (χ1n) is 8.19. The summed E-state index contributed by atoms with van der Waals surface area (Å²) in [5, 5.41) is 22.5. The van der Waals surface area contributed by atoms with Gasteiger partial charge in [0.2, 0.25) is 16.0 Å². The summed E-state index contributed by atoms with van der Waals surface area (Å²) < 4.78 is 24.6. The molecule has 11 heteroatoms. The second-order valence-electron chi connectivity index (χ2n) is 6.83. The number of nitrogens with two attached hydrogens (primary N) is 1. The van der Waals surface area contributed by atoms with Crippen LogP contribution >= 0.6 is 11.6 Å². The van der Waals surface area contributed by atoms with Crippen molar-refractivity contribution in [2.75, 3.05) is 5.32 Å². The van der Waals surface area contributed by atoms with Crippen LogP contribution in [0.3, 0.4) is 0 Å². The molecule has 148 valence electrons. The topological polar surface area (TPSA) is 136 Å². The van der Waals surface area contributed by atoms with Crippen LogP contribution in [0.1, 0.15) is 13.8 Å². The Labute approximate surface area is 167 Å². The highest BCUT2D eigenvalue weighted by molar-refractivity contribution is 7.89. The molecule has 0 unspecified atom stereocenters. The molecule has 0 aliphatic heterocycles. The first-order chi connectivity index (χ1) is 13.0. The number of hydrogen-bond acceptors (Lipinski definition) is 7. The van der Waals surface area contributed by atoms with Crippen molar-refractivity contribution in [3.05, 3.63) is 47.9 Å². The van der Waals surface area contributed by atoms with E-state index in [2.05, 4.69) is 20.4 Å². The Morgan fingerprint density at radius 3 is 2.75 bits per heavy atom. The van der Waals surface area contributed by atoms with Crippen molar-refractivity contribution in [3.8, 4) is 11.3 Å². The van der Waals surface area contributed by atoms with Crippen LogP contribution in [-0.2, 0) is 16.6 Å². The van der Waals surface area contributed by atoms with Crippen LogP contribution in [0.15, 0.2) is 47.8 Å². The predicted molar refractivity (Wildman–Crippen MR) is 106 cm³/mol. The molecule has 0 saturated carbocycles. The van der Waals surface area contributed by atoms with Crippen LogP contribution in [0, 0.1) is 0 Å². The van der Waals surface area contributed by atoms with Crippen LogP contribution in [-0.4, -0.2) is 38.9 Å². The molecule has 9 nitrogen and oxygen atoms in total. The maximum Gasteiger partial charge on any atom is 0.238 e. The fraction of sp³-hybridized carbons (Fsp3) is 0.235. The van der Waals surface area contributed by atoms with Crippen LogP contribution in [0.25, 0.3) is 11.3 Å². The Kier molecular flexibility index (Phi) is 5.39. The second-order valence-corrected chi connectivity index (χ2v) is 8.80. The smallest absolute Gasteiger partial charge is 0.238 e. The van der Waals surface area contributed by atoms with Gasteiger partial charge in [0.25, 0.3) is 0 Å². The maximum atomic E-state index is 11.5. The van der Waals surface area contributed by atoms with Crippen LogP contribution < -0.4 is 10.5 Å². The van der Waals surface area contributed by atoms with Gasteiger partial charge in [-0.05, 0) is 32.0 Å². The van der Waals surface area contributed by atoms with Gasteiger partial charge in [-0.1, -0.05) is 17.7 Å². The van der Waals surface area contributed by atoms with Crippen molar-refractivity contribution in [1.82, 2.24) is 19.7 Å². The first kappa shape index (κ1) is 20.2. The number of nitrogens with zero attached hydrogens (tertiary/aromatic N) is 4. The summed E-state index contributed by atoms with van der Waals surface area (Å²) in [5.74, 6) is 0.223. The van der Waals surface area contributed by atoms with E-state index in [4.69, 9.17) is 16.7 Å². The molecule has 0 atom stereocenters. The number of sulfonamides is 1. The molecular formula is C17H19ClN6O3S. The highest BCUT2D eigenvalue weighted by atomic mass is 35.5. The quantitative estimate of drug-likeness (QED) is 0.553. The van der Waals surface area contributed by atoms with E-state index in [1.54, 1.807) is 43.1 Å². The molecule has 4 N–H and O–H groups in total. The van der Waals surface area contributed by atoms with Gasteiger partial charge in [-0.3, -0.25) is 4.68 Å². The van der Waals surface area contributed by atoms with E-state index in [1.165, 1.54) is 18.3 Å². The van der Waals surface area contributed by atoms with E-state index in [0.717, 1.165) is 0 Å². The Morgan fingerprint density at radius 1 is 1.32 bits per heavy atom. The van der Waals surface area contributed by atoms with E-state index in [0.29, 0.717) is 28.5 Å². The van der Waals surface area contributed by atoms with Gasteiger partial charge in [0.15, 0.2) is 0 Å². The zero-order chi connectivity index (χ0) is 20.5. The fourth-order valence-corrected chi connectivity index (χ4v) is 3.24. The summed E-state index contributed by atoms with van der Waals surface area (Å²) in [6, 6.07) is 5.99. The summed E-state index contributed by atoms with van der Waals surface area (Å²) in [7, 11) is -3.82. The minimum atomic E-state index is -3.82. The van der Waals surface area contributed by atoms with Crippen molar-refractivity contribution in [3.63, 3.8) is 0 Å². The molecule has 28 heavy (non-hydrogen) atoms. The van der Waals surface area contributed by atoms with Crippen LogP contribution in [0.4, 0.5) is 11.6 Å². The first-order valence-corrected chi connectivity index (χ1v) is 10.1. The van der Waals surface area contributed by atoms with Gasteiger partial charge in [0.05, 0.1) is 40.2 Å². The third kappa shape index (κ3) is 5.04. The summed E-state index contributed by atoms with van der Waals surface area (Å²) in [5.41, 5.74) is 0.638. The van der Waals surface area contributed by atoms with Gasteiger partial charge in [0.1, 0.15) is 0 Å². The minimum absolute atomic E-state index is 0.0282. The van der Waals surface area contributed by atoms with Crippen molar-refractivity contribution >= 4 is 33.3 Å². The van der Waals surface area contributed by atoms with Gasteiger partial charge in [-0.2, -0.15) is 5.10 Å². The molecule has 2 heterocycles. The van der Waals surface area contributed by atoms with E-state index >= 15 is 0 Å². The number of aromatic nitrogens is 4. The average molecular weight is 423 g/mol. The molecule has 0 aliphatic carbocycles. The number of rotatable bonds is 6. The van der Waals surface area contributed by atoms with E-state index < -0.39 is 15.6 Å². The fourth-order valence-electron chi connectivity index (χ4n) is 2.48. The maximum absolute atomic E-state index is 11.5. The number of halogens is 1.